The monoisotopic (exact) mass is 511 g/mol. The maximum atomic E-state index is 12.4. The van der Waals surface area contributed by atoms with E-state index >= 15 is 0 Å². The summed E-state index contributed by atoms with van der Waals surface area (Å²) in [5.74, 6) is 0.0226. The standard InChI is InChI=1S/C27H25N7O2S/c1-18(36-2)27(35)32-9-7-23(8-10-32)33-17-22(15-30-33)20-11-25(26-21(13-29)14-31-34(26)16-20)37-24-6-4-3-5-19(24)12-28/h3-6,11,14-18,23H,7-10H2,1-2H3/t18-/m1/s1. The molecule has 1 aliphatic rings. The van der Waals surface area contributed by atoms with Crippen LogP contribution in [-0.2, 0) is 9.53 Å². The van der Waals surface area contributed by atoms with Crippen molar-refractivity contribution >= 4 is 23.2 Å². The molecular formula is C27H25N7O2S. The average molecular weight is 512 g/mol. The zero-order valence-corrected chi connectivity index (χ0v) is 21.4. The molecule has 9 nitrogen and oxygen atoms in total. The van der Waals surface area contributed by atoms with Crippen LogP contribution in [0.5, 0.6) is 0 Å². The van der Waals surface area contributed by atoms with Crippen LogP contribution in [-0.4, -0.2) is 56.5 Å². The summed E-state index contributed by atoms with van der Waals surface area (Å²) in [5.41, 5.74) is 3.59. The van der Waals surface area contributed by atoms with Crippen molar-refractivity contribution in [1.82, 2.24) is 24.3 Å². The minimum atomic E-state index is -0.432. The van der Waals surface area contributed by atoms with Gasteiger partial charge in [-0.1, -0.05) is 23.9 Å². The third kappa shape index (κ3) is 4.82. The van der Waals surface area contributed by atoms with Crippen molar-refractivity contribution in [3.8, 4) is 23.3 Å². The first kappa shape index (κ1) is 24.6. The Morgan fingerprint density at radius 3 is 2.54 bits per heavy atom. The fourth-order valence-electron chi connectivity index (χ4n) is 4.56. The number of likely N-dealkylation sites (tertiary alicyclic amines) is 1. The highest BCUT2D eigenvalue weighted by Gasteiger charge is 2.27. The molecule has 0 N–H and O–H groups in total. The van der Waals surface area contributed by atoms with Gasteiger partial charge in [0, 0.05) is 53.5 Å². The highest BCUT2D eigenvalue weighted by molar-refractivity contribution is 7.99. The molecule has 0 bridgehead atoms. The van der Waals surface area contributed by atoms with E-state index in [1.165, 1.54) is 11.8 Å². The lowest BCUT2D eigenvalue weighted by Gasteiger charge is -2.33. The van der Waals surface area contributed by atoms with E-state index in [-0.39, 0.29) is 11.9 Å². The summed E-state index contributed by atoms with van der Waals surface area (Å²) in [6.45, 7) is 3.11. The van der Waals surface area contributed by atoms with Crippen LogP contribution >= 0.6 is 11.8 Å². The molecular weight excluding hydrogens is 486 g/mol. The number of benzene rings is 1. The first-order chi connectivity index (χ1) is 18.0. The van der Waals surface area contributed by atoms with Crippen molar-refractivity contribution in [3.05, 3.63) is 66.2 Å². The molecule has 1 atom stereocenters. The van der Waals surface area contributed by atoms with E-state index in [9.17, 15) is 15.3 Å². The molecule has 1 saturated heterocycles. The summed E-state index contributed by atoms with van der Waals surface area (Å²) in [6.07, 6.45) is 8.51. The minimum Gasteiger partial charge on any atom is -0.372 e. The lowest BCUT2D eigenvalue weighted by atomic mass is 10.0. The number of nitriles is 2. The van der Waals surface area contributed by atoms with Crippen LogP contribution in [0.1, 0.15) is 36.9 Å². The molecule has 1 aliphatic heterocycles. The van der Waals surface area contributed by atoms with Gasteiger partial charge in [0.1, 0.15) is 18.2 Å². The van der Waals surface area contributed by atoms with E-state index in [0.29, 0.717) is 29.7 Å². The smallest absolute Gasteiger partial charge is 0.251 e. The van der Waals surface area contributed by atoms with Gasteiger partial charge in [-0.05, 0) is 38.0 Å². The summed E-state index contributed by atoms with van der Waals surface area (Å²) in [7, 11) is 1.55. The van der Waals surface area contributed by atoms with Crippen molar-refractivity contribution in [2.45, 2.75) is 41.7 Å². The number of hydrogen-bond acceptors (Lipinski definition) is 7. The molecule has 3 aromatic heterocycles. The number of rotatable bonds is 6. The maximum absolute atomic E-state index is 12.4. The van der Waals surface area contributed by atoms with Gasteiger partial charge in [-0.3, -0.25) is 9.48 Å². The van der Waals surface area contributed by atoms with E-state index in [2.05, 4.69) is 22.3 Å². The Hall–Kier alpha value is -4.12. The second kappa shape index (κ2) is 10.5. The summed E-state index contributed by atoms with van der Waals surface area (Å²) in [5, 5.41) is 28.2. The number of piperidine rings is 1. The van der Waals surface area contributed by atoms with Crippen LogP contribution in [0.25, 0.3) is 16.6 Å². The fourth-order valence-corrected chi connectivity index (χ4v) is 5.66. The van der Waals surface area contributed by atoms with Crippen molar-refractivity contribution in [1.29, 1.82) is 10.5 Å². The van der Waals surface area contributed by atoms with E-state index in [0.717, 1.165) is 33.8 Å². The Labute approximate surface area is 218 Å². The number of carbonyl (C=O) groups is 1. The molecule has 0 radical (unpaired) electrons. The fraction of sp³-hybridized carbons (Fsp3) is 0.296. The average Bonchev–Trinajstić information content (AvgIpc) is 3.60. The Bertz CT molecular complexity index is 1540. The van der Waals surface area contributed by atoms with Gasteiger partial charge >= 0.3 is 0 Å². The number of pyridine rings is 1. The maximum Gasteiger partial charge on any atom is 0.251 e. The Morgan fingerprint density at radius 2 is 1.81 bits per heavy atom. The number of methoxy groups -OCH3 is 1. The number of nitrogens with zero attached hydrogens (tertiary/aromatic N) is 7. The molecule has 186 valence electrons. The van der Waals surface area contributed by atoms with Crippen LogP contribution in [0, 0.1) is 22.7 Å². The zero-order valence-electron chi connectivity index (χ0n) is 20.5. The van der Waals surface area contributed by atoms with Gasteiger partial charge in [0.2, 0.25) is 0 Å². The number of ether oxygens (including phenoxy) is 1. The molecule has 0 saturated carbocycles. The second-order valence-electron chi connectivity index (χ2n) is 8.91. The second-order valence-corrected chi connectivity index (χ2v) is 9.99. The normalized spacial score (nSPS) is 14.9. The van der Waals surface area contributed by atoms with Gasteiger partial charge in [-0.2, -0.15) is 20.7 Å². The van der Waals surface area contributed by atoms with Crippen molar-refractivity contribution in [2.75, 3.05) is 20.2 Å². The van der Waals surface area contributed by atoms with E-state index in [4.69, 9.17) is 4.74 Å². The first-order valence-corrected chi connectivity index (χ1v) is 12.8. The van der Waals surface area contributed by atoms with Crippen molar-refractivity contribution in [3.63, 3.8) is 0 Å². The van der Waals surface area contributed by atoms with Gasteiger partial charge in [0.15, 0.2) is 0 Å². The zero-order chi connectivity index (χ0) is 25.9. The van der Waals surface area contributed by atoms with E-state index in [1.807, 2.05) is 52.4 Å². The molecule has 1 amide bonds. The van der Waals surface area contributed by atoms with Gasteiger partial charge in [-0.15, -0.1) is 0 Å². The lowest BCUT2D eigenvalue weighted by molar-refractivity contribution is -0.142. The van der Waals surface area contributed by atoms with Crippen LogP contribution in [0.4, 0.5) is 0 Å². The molecule has 5 rings (SSSR count). The summed E-state index contributed by atoms with van der Waals surface area (Å²) in [4.78, 5) is 15.9. The Balaban J connectivity index is 1.43. The number of hydrogen-bond donors (Lipinski definition) is 0. The predicted octanol–water partition coefficient (Wildman–Crippen LogP) is 4.29. The highest BCUT2D eigenvalue weighted by atomic mass is 32.2. The number of amides is 1. The number of fused-ring (bicyclic) bond motifs is 1. The SMILES string of the molecule is CO[C@H](C)C(=O)N1CCC(n2cc(-c3cc(Sc4ccccc4C#N)c4c(C#N)cnn4c3)cn2)CC1. The van der Waals surface area contributed by atoms with Crippen LogP contribution in [0.15, 0.2) is 64.9 Å². The predicted molar refractivity (Wildman–Crippen MR) is 138 cm³/mol. The van der Waals surface area contributed by atoms with E-state index < -0.39 is 6.10 Å². The molecule has 4 aromatic rings. The van der Waals surface area contributed by atoms with Gasteiger partial charge in [0.05, 0.1) is 35.1 Å². The lowest BCUT2D eigenvalue weighted by Crippen LogP contribution is -2.43. The van der Waals surface area contributed by atoms with Gasteiger partial charge in [-0.25, -0.2) is 4.52 Å². The van der Waals surface area contributed by atoms with Gasteiger partial charge in [0.25, 0.3) is 5.91 Å². The molecule has 0 aliphatic carbocycles. The van der Waals surface area contributed by atoms with Crippen molar-refractivity contribution < 1.29 is 9.53 Å². The minimum absolute atomic E-state index is 0.0226. The third-order valence-corrected chi connectivity index (χ3v) is 7.82. The first-order valence-electron chi connectivity index (χ1n) is 12.0. The number of aromatic nitrogens is 4. The summed E-state index contributed by atoms with van der Waals surface area (Å²) in [6, 6.07) is 14.1. The summed E-state index contributed by atoms with van der Waals surface area (Å²) < 4.78 is 8.86. The van der Waals surface area contributed by atoms with E-state index in [1.54, 1.807) is 30.8 Å². The van der Waals surface area contributed by atoms with Crippen LogP contribution in [0.3, 0.4) is 0 Å². The number of carbonyl (C=O) groups excluding carboxylic acids is 1. The van der Waals surface area contributed by atoms with Crippen molar-refractivity contribution in [2.24, 2.45) is 0 Å². The van der Waals surface area contributed by atoms with Crippen LogP contribution in [0.2, 0.25) is 0 Å². The molecule has 4 heterocycles. The molecule has 0 unspecified atom stereocenters. The van der Waals surface area contributed by atoms with Crippen LogP contribution < -0.4 is 0 Å². The summed E-state index contributed by atoms with van der Waals surface area (Å²) >= 11 is 1.44. The largest absolute Gasteiger partial charge is 0.372 e. The molecule has 0 spiro atoms. The third-order valence-electron chi connectivity index (χ3n) is 6.71. The van der Waals surface area contributed by atoms with Gasteiger partial charge < -0.3 is 9.64 Å². The molecule has 1 fully saturated rings. The highest BCUT2D eigenvalue weighted by Crippen LogP contribution is 2.37. The topological polar surface area (TPSA) is 112 Å². The Kier molecular flexibility index (Phi) is 6.95. The Morgan fingerprint density at radius 1 is 1.05 bits per heavy atom. The molecule has 10 heteroatoms. The quantitative estimate of drug-likeness (QED) is 0.379. The molecule has 1 aromatic carbocycles. The molecule has 37 heavy (non-hydrogen) atoms.